The number of nitrogens with one attached hydrogen (secondary N) is 1. The van der Waals surface area contributed by atoms with E-state index in [9.17, 15) is 8.42 Å². The largest absolute Gasteiger partial charge is 0.375 e. The molecule has 0 fully saturated rings. The Morgan fingerprint density at radius 3 is 2.52 bits per heavy atom. The number of anilines is 2. The standard InChI is InChI=1S/C15H12ClN3O2S2/c16-11-4-6-13(7-5-11)23(20,21)19-12-3-1-2-10(8-12)14-9-22-15(17)18-14/h1-9,19H,(H2,17,18). The molecule has 0 spiro atoms. The molecule has 0 saturated heterocycles. The van der Waals surface area contributed by atoms with Gasteiger partial charge in [0, 0.05) is 21.7 Å². The van der Waals surface area contributed by atoms with Crippen molar-refractivity contribution >= 4 is 43.8 Å². The van der Waals surface area contributed by atoms with Gasteiger partial charge in [-0.3, -0.25) is 4.72 Å². The first-order valence-corrected chi connectivity index (χ1v) is 9.28. The van der Waals surface area contributed by atoms with Gasteiger partial charge >= 0.3 is 0 Å². The molecule has 3 rings (SSSR count). The quantitative estimate of drug-likeness (QED) is 0.735. The summed E-state index contributed by atoms with van der Waals surface area (Å²) in [6.45, 7) is 0. The van der Waals surface area contributed by atoms with E-state index in [0.717, 1.165) is 5.56 Å². The first-order valence-electron chi connectivity index (χ1n) is 6.54. The van der Waals surface area contributed by atoms with Crippen molar-refractivity contribution in [2.75, 3.05) is 10.5 Å². The van der Waals surface area contributed by atoms with Crippen molar-refractivity contribution in [3.05, 3.63) is 58.9 Å². The third kappa shape index (κ3) is 3.64. The molecule has 1 aromatic heterocycles. The van der Waals surface area contributed by atoms with E-state index in [4.69, 9.17) is 17.3 Å². The van der Waals surface area contributed by atoms with Crippen molar-refractivity contribution in [1.82, 2.24) is 4.98 Å². The second-order valence-corrected chi connectivity index (χ2v) is 7.72. The highest BCUT2D eigenvalue weighted by Crippen LogP contribution is 2.26. The number of aromatic nitrogens is 1. The molecule has 23 heavy (non-hydrogen) atoms. The predicted octanol–water partition coefficient (Wildman–Crippen LogP) is 3.85. The molecule has 0 aliphatic carbocycles. The number of nitrogens with zero attached hydrogens (tertiary/aromatic N) is 1. The Labute approximate surface area is 142 Å². The smallest absolute Gasteiger partial charge is 0.261 e. The Morgan fingerprint density at radius 2 is 1.87 bits per heavy atom. The molecule has 3 N–H and O–H groups in total. The van der Waals surface area contributed by atoms with E-state index in [1.807, 2.05) is 11.4 Å². The molecular weight excluding hydrogens is 354 g/mol. The van der Waals surface area contributed by atoms with E-state index in [0.29, 0.717) is 21.5 Å². The third-order valence-corrected chi connectivity index (χ3v) is 5.38. The van der Waals surface area contributed by atoms with Crippen LogP contribution in [0.1, 0.15) is 0 Å². The molecule has 0 amide bonds. The van der Waals surface area contributed by atoms with Crippen LogP contribution >= 0.6 is 22.9 Å². The van der Waals surface area contributed by atoms with Crippen LogP contribution < -0.4 is 10.5 Å². The molecule has 0 bridgehead atoms. The van der Waals surface area contributed by atoms with Gasteiger partial charge in [-0.15, -0.1) is 11.3 Å². The van der Waals surface area contributed by atoms with Crippen molar-refractivity contribution in [1.29, 1.82) is 0 Å². The molecule has 1 heterocycles. The Hall–Kier alpha value is -2.09. The highest BCUT2D eigenvalue weighted by atomic mass is 35.5. The summed E-state index contributed by atoms with van der Waals surface area (Å²) in [5.41, 5.74) is 7.57. The Kier molecular flexibility index (Phi) is 4.25. The molecule has 0 aliphatic heterocycles. The van der Waals surface area contributed by atoms with Crippen molar-refractivity contribution < 1.29 is 8.42 Å². The van der Waals surface area contributed by atoms with Crippen LogP contribution in [0.4, 0.5) is 10.8 Å². The van der Waals surface area contributed by atoms with Crippen LogP contribution in [-0.2, 0) is 10.0 Å². The maximum absolute atomic E-state index is 12.4. The monoisotopic (exact) mass is 365 g/mol. The number of rotatable bonds is 4. The van der Waals surface area contributed by atoms with Gasteiger partial charge in [0.2, 0.25) is 0 Å². The fourth-order valence-corrected chi connectivity index (χ4v) is 3.74. The van der Waals surface area contributed by atoms with Crippen LogP contribution in [0.3, 0.4) is 0 Å². The van der Waals surface area contributed by atoms with Gasteiger partial charge in [-0.1, -0.05) is 23.7 Å². The molecule has 0 unspecified atom stereocenters. The van der Waals surface area contributed by atoms with E-state index in [2.05, 4.69) is 9.71 Å². The van der Waals surface area contributed by atoms with Gasteiger partial charge in [-0.2, -0.15) is 0 Å². The number of benzene rings is 2. The lowest BCUT2D eigenvalue weighted by Gasteiger charge is -2.09. The number of nitrogens with two attached hydrogens (primary N) is 1. The summed E-state index contributed by atoms with van der Waals surface area (Å²) in [5.74, 6) is 0. The van der Waals surface area contributed by atoms with Crippen molar-refractivity contribution in [3.8, 4) is 11.3 Å². The summed E-state index contributed by atoms with van der Waals surface area (Å²) >= 11 is 7.11. The predicted molar refractivity (Wildman–Crippen MR) is 94.2 cm³/mol. The maximum atomic E-state index is 12.4. The van der Waals surface area contributed by atoms with Crippen LogP contribution in [0.25, 0.3) is 11.3 Å². The number of hydrogen-bond acceptors (Lipinski definition) is 5. The minimum Gasteiger partial charge on any atom is -0.375 e. The van der Waals surface area contributed by atoms with E-state index in [1.165, 1.54) is 35.6 Å². The minimum absolute atomic E-state index is 0.144. The van der Waals surface area contributed by atoms with Crippen molar-refractivity contribution in [3.63, 3.8) is 0 Å². The van der Waals surface area contributed by atoms with Crippen molar-refractivity contribution in [2.45, 2.75) is 4.90 Å². The first-order chi connectivity index (χ1) is 10.9. The third-order valence-electron chi connectivity index (χ3n) is 3.06. The second-order valence-electron chi connectivity index (χ2n) is 4.71. The van der Waals surface area contributed by atoms with Crippen LogP contribution in [0.2, 0.25) is 5.02 Å². The number of thiazole rings is 1. The molecule has 0 atom stereocenters. The molecule has 118 valence electrons. The summed E-state index contributed by atoms with van der Waals surface area (Å²) in [6.07, 6.45) is 0. The topological polar surface area (TPSA) is 85.1 Å². The van der Waals surface area contributed by atoms with Gasteiger partial charge in [-0.25, -0.2) is 13.4 Å². The summed E-state index contributed by atoms with van der Waals surface area (Å²) in [5, 5.41) is 2.77. The molecule has 2 aromatic carbocycles. The maximum Gasteiger partial charge on any atom is 0.261 e. The summed E-state index contributed by atoms with van der Waals surface area (Å²) in [7, 11) is -3.67. The SMILES string of the molecule is Nc1nc(-c2cccc(NS(=O)(=O)c3ccc(Cl)cc3)c2)cs1. The van der Waals surface area contributed by atoms with Gasteiger partial charge < -0.3 is 5.73 Å². The molecule has 5 nitrogen and oxygen atoms in total. The normalized spacial score (nSPS) is 11.3. The van der Waals surface area contributed by atoms with E-state index >= 15 is 0 Å². The van der Waals surface area contributed by atoms with E-state index < -0.39 is 10.0 Å². The van der Waals surface area contributed by atoms with Gasteiger partial charge in [0.05, 0.1) is 10.6 Å². The van der Waals surface area contributed by atoms with E-state index in [1.54, 1.807) is 18.2 Å². The van der Waals surface area contributed by atoms with Gasteiger partial charge in [-0.05, 0) is 36.4 Å². The summed E-state index contributed by atoms with van der Waals surface area (Å²) < 4.78 is 27.3. The van der Waals surface area contributed by atoms with Crippen LogP contribution in [0, 0.1) is 0 Å². The van der Waals surface area contributed by atoms with Crippen molar-refractivity contribution in [2.24, 2.45) is 0 Å². The highest BCUT2D eigenvalue weighted by Gasteiger charge is 2.14. The Balaban J connectivity index is 1.89. The lowest BCUT2D eigenvalue weighted by Crippen LogP contribution is -2.12. The molecule has 0 radical (unpaired) electrons. The van der Waals surface area contributed by atoms with Gasteiger partial charge in [0.1, 0.15) is 0 Å². The average molecular weight is 366 g/mol. The Bertz CT molecular complexity index is 937. The fraction of sp³-hybridized carbons (Fsp3) is 0. The number of nitrogen functional groups attached to an aromatic ring is 1. The van der Waals surface area contributed by atoms with E-state index in [-0.39, 0.29) is 4.90 Å². The van der Waals surface area contributed by atoms with Crippen LogP contribution in [0.15, 0.2) is 58.8 Å². The van der Waals surface area contributed by atoms with Gasteiger partial charge in [0.15, 0.2) is 5.13 Å². The van der Waals surface area contributed by atoms with Gasteiger partial charge in [0.25, 0.3) is 10.0 Å². The lowest BCUT2D eigenvalue weighted by molar-refractivity contribution is 0.601. The molecule has 8 heteroatoms. The summed E-state index contributed by atoms with van der Waals surface area (Å²) in [6, 6.07) is 13.0. The molecule has 0 saturated carbocycles. The Morgan fingerprint density at radius 1 is 1.13 bits per heavy atom. The number of hydrogen-bond donors (Lipinski definition) is 2. The number of sulfonamides is 1. The molecular formula is C15H12ClN3O2S2. The molecule has 3 aromatic rings. The molecule has 0 aliphatic rings. The first kappa shape index (κ1) is 15.8. The fourth-order valence-electron chi connectivity index (χ4n) is 1.99. The lowest BCUT2D eigenvalue weighted by atomic mass is 10.1. The zero-order valence-electron chi connectivity index (χ0n) is 11.7. The number of halogens is 1. The van der Waals surface area contributed by atoms with Crippen LogP contribution in [-0.4, -0.2) is 13.4 Å². The zero-order valence-corrected chi connectivity index (χ0v) is 14.1. The average Bonchev–Trinajstić information content (AvgIpc) is 2.94. The summed E-state index contributed by atoms with van der Waals surface area (Å²) in [4.78, 5) is 4.33. The highest BCUT2D eigenvalue weighted by molar-refractivity contribution is 7.92. The second kappa shape index (κ2) is 6.19. The zero-order chi connectivity index (χ0) is 16.4. The van der Waals surface area contributed by atoms with Crippen LogP contribution in [0.5, 0.6) is 0 Å². The minimum atomic E-state index is -3.67.